The Morgan fingerprint density at radius 1 is 0.971 bits per heavy atom. The minimum Gasteiger partial charge on any atom is -0.497 e. The van der Waals surface area contributed by atoms with Crippen molar-refractivity contribution in [3.63, 3.8) is 0 Å². The smallest absolute Gasteiger partial charge is 0.433 e. The normalized spacial score (nSPS) is 11.4. The minimum absolute atomic E-state index is 0.00418. The zero-order valence-electron chi connectivity index (χ0n) is 19.0. The fraction of sp³-hybridized carbons (Fsp3) is 0.208. The number of nitrogens with zero attached hydrogens (tertiary/aromatic N) is 3. The molecule has 2 aromatic heterocycles. The molecule has 0 radical (unpaired) electrons. The second kappa shape index (κ2) is 9.53. The van der Waals surface area contributed by atoms with E-state index in [0.29, 0.717) is 27.3 Å². The van der Waals surface area contributed by atoms with Gasteiger partial charge in [-0.3, -0.25) is 4.79 Å². The van der Waals surface area contributed by atoms with Gasteiger partial charge in [0.1, 0.15) is 11.3 Å². The van der Waals surface area contributed by atoms with E-state index in [9.17, 15) is 18.0 Å². The number of benzene rings is 2. The van der Waals surface area contributed by atoms with Gasteiger partial charge >= 0.3 is 6.18 Å². The molecule has 4 aromatic rings. The molecule has 8 nitrogen and oxygen atoms in total. The van der Waals surface area contributed by atoms with Crippen molar-refractivity contribution in [2.24, 2.45) is 0 Å². The first-order valence-corrected chi connectivity index (χ1v) is 10.3. The van der Waals surface area contributed by atoms with Gasteiger partial charge in [-0.05, 0) is 42.0 Å². The third kappa shape index (κ3) is 4.84. The summed E-state index contributed by atoms with van der Waals surface area (Å²) in [6, 6.07) is 12.5. The number of ether oxygens (including phenoxy) is 3. The number of carbonyl (C=O) groups is 1. The van der Waals surface area contributed by atoms with E-state index in [1.807, 2.05) is 0 Å². The Hall–Kier alpha value is -4.28. The topological polar surface area (TPSA) is 87.0 Å². The summed E-state index contributed by atoms with van der Waals surface area (Å²) in [6.45, 7) is 0.154. The van der Waals surface area contributed by atoms with Gasteiger partial charge in [0.15, 0.2) is 22.8 Å². The van der Waals surface area contributed by atoms with E-state index >= 15 is 0 Å². The highest BCUT2D eigenvalue weighted by Crippen LogP contribution is 2.35. The quantitative estimate of drug-likeness (QED) is 0.418. The highest BCUT2D eigenvalue weighted by atomic mass is 19.4. The average Bonchev–Trinajstić information content (AvgIpc) is 3.30. The van der Waals surface area contributed by atoms with Crippen LogP contribution in [0.5, 0.6) is 17.2 Å². The number of nitrogens with one attached hydrogen (secondary N) is 1. The van der Waals surface area contributed by atoms with Crippen molar-refractivity contribution >= 4 is 11.6 Å². The third-order valence-electron chi connectivity index (χ3n) is 5.30. The number of rotatable bonds is 7. The van der Waals surface area contributed by atoms with Crippen LogP contribution in [0, 0.1) is 0 Å². The molecule has 182 valence electrons. The Morgan fingerprint density at radius 2 is 1.69 bits per heavy atom. The van der Waals surface area contributed by atoms with Crippen LogP contribution in [0.4, 0.5) is 13.2 Å². The molecule has 0 spiro atoms. The second-order valence-corrected chi connectivity index (χ2v) is 7.42. The number of carbonyl (C=O) groups excluding carboxylic acids is 1. The largest absolute Gasteiger partial charge is 0.497 e. The molecule has 0 aliphatic carbocycles. The fourth-order valence-corrected chi connectivity index (χ4v) is 3.49. The number of amides is 1. The van der Waals surface area contributed by atoms with Crippen LogP contribution in [0.15, 0.2) is 54.7 Å². The molecule has 0 unspecified atom stereocenters. The van der Waals surface area contributed by atoms with Gasteiger partial charge in [-0.1, -0.05) is 12.1 Å². The third-order valence-corrected chi connectivity index (χ3v) is 5.30. The van der Waals surface area contributed by atoms with E-state index < -0.39 is 17.8 Å². The molecule has 0 atom stereocenters. The van der Waals surface area contributed by atoms with Gasteiger partial charge in [0.2, 0.25) is 0 Å². The maximum absolute atomic E-state index is 13.9. The van der Waals surface area contributed by atoms with Crippen molar-refractivity contribution in [2.75, 3.05) is 21.3 Å². The number of halogens is 3. The molecule has 0 aliphatic rings. The Bertz CT molecular complexity index is 1370. The molecule has 4 rings (SSSR count). The Kier molecular flexibility index (Phi) is 6.50. The Labute approximate surface area is 198 Å². The van der Waals surface area contributed by atoms with Gasteiger partial charge in [0.25, 0.3) is 5.91 Å². The molecule has 2 heterocycles. The molecule has 0 saturated carbocycles. The first-order chi connectivity index (χ1) is 16.7. The highest BCUT2D eigenvalue weighted by Gasteiger charge is 2.36. The van der Waals surface area contributed by atoms with Crippen molar-refractivity contribution in [3.05, 3.63) is 71.5 Å². The van der Waals surface area contributed by atoms with Crippen LogP contribution in [0.25, 0.3) is 16.9 Å². The van der Waals surface area contributed by atoms with Crippen molar-refractivity contribution in [2.45, 2.75) is 12.7 Å². The number of hydrogen-bond acceptors (Lipinski definition) is 6. The van der Waals surface area contributed by atoms with Crippen LogP contribution in [0.2, 0.25) is 0 Å². The molecule has 1 amide bonds. The molecule has 1 N–H and O–H groups in total. The van der Waals surface area contributed by atoms with E-state index in [4.69, 9.17) is 14.2 Å². The standard InChI is InChI=1S/C24H21F3N4O4/c1-33-16-7-4-14(5-8-16)12-28-23(32)17-13-29-31-21(24(25,26)27)11-18(30-22(17)31)15-6-9-19(34-2)20(10-15)35-3/h4-11,13H,12H2,1-3H3,(H,28,32). The lowest BCUT2D eigenvalue weighted by Gasteiger charge is -2.13. The van der Waals surface area contributed by atoms with Gasteiger partial charge in [-0.15, -0.1) is 0 Å². The van der Waals surface area contributed by atoms with E-state index in [0.717, 1.165) is 17.8 Å². The number of alkyl halides is 3. The maximum atomic E-state index is 13.9. The summed E-state index contributed by atoms with van der Waals surface area (Å²) >= 11 is 0. The number of aromatic nitrogens is 3. The summed E-state index contributed by atoms with van der Waals surface area (Å²) in [5, 5.41) is 6.48. The summed E-state index contributed by atoms with van der Waals surface area (Å²) in [5.74, 6) is 0.790. The Morgan fingerprint density at radius 3 is 2.31 bits per heavy atom. The molecular formula is C24H21F3N4O4. The lowest BCUT2D eigenvalue weighted by molar-refractivity contribution is -0.142. The van der Waals surface area contributed by atoms with E-state index in [1.165, 1.54) is 20.3 Å². The van der Waals surface area contributed by atoms with Gasteiger partial charge in [0.05, 0.1) is 33.2 Å². The fourth-order valence-electron chi connectivity index (χ4n) is 3.49. The lowest BCUT2D eigenvalue weighted by Crippen LogP contribution is -2.23. The van der Waals surface area contributed by atoms with Crippen molar-refractivity contribution in [1.29, 1.82) is 0 Å². The van der Waals surface area contributed by atoms with E-state index in [-0.39, 0.29) is 23.4 Å². The second-order valence-electron chi connectivity index (χ2n) is 7.42. The van der Waals surface area contributed by atoms with Gasteiger partial charge in [-0.25, -0.2) is 9.50 Å². The predicted octanol–water partition coefficient (Wildman–Crippen LogP) is 4.37. The molecule has 11 heteroatoms. The van der Waals surface area contributed by atoms with Crippen LogP contribution in [0.1, 0.15) is 21.6 Å². The van der Waals surface area contributed by atoms with Crippen molar-refractivity contribution in [1.82, 2.24) is 19.9 Å². The van der Waals surface area contributed by atoms with Crippen molar-refractivity contribution < 1.29 is 32.2 Å². The molecule has 35 heavy (non-hydrogen) atoms. The summed E-state index contributed by atoms with van der Waals surface area (Å²) in [7, 11) is 4.41. The molecule has 0 saturated heterocycles. The highest BCUT2D eigenvalue weighted by molar-refractivity contribution is 5.99. The maximum Gasteiger partial charge on any atom is 0.433 e. The van der Waals surface area contributed by atoms with Gasteiger partial charge in [0, 0.05) is 12.1 Å². The predicted molar refractivity (Wildman–Crippen MR) is 121 cm³/mol. The lowest BCUT2D eigenvalue weighted by atomic mass is 10.1. The van der Waals surface area contributed by atoms with E-state index in [1.54, 1.807) is 43.5 Å². The number of fused-ring (bicyclic) bond motifs is 1. The average molecular weight is 486 g/mol. The summed E-state index contributed by atoms with van der Waals surface area (Å²) < 4.78 is 57.8. The SMILES string of the molecule is COc1ccc(CNC(=O)c2cnn3c(C(F)(F)F)cc(-c4ccc(OC)c(OC)c4)nc23)cc1. The zero-order chi connectivity index (χ0) is 25.2. The summed E-state index contributed by atoms with van der Waals surface area (Å²) in [4.78, 5) is 17.2. The number of methoxy groups -OCH3 is 3. The summed E-state index contributed by atoms with van der Waals surface area (Å²) in [6.07, 6.45) is -3.67. The molecule has 2 aromatic carbocycles. The first-order valence-electron chi connectivity index (χ1n) is 10.3. The monoisotopic (exact) mass is 486 g/mol. The van der Waals surface area contributed by atoms with Crippen LogP contribution in [0.3, 0.4) is 0 Å². The zero-order valence-corrected chi connectivity index (χ0v) is 19.0. The molecular weight excluding hydrogens is 465 g/mol. The molecule has 0 fully saturated rings. The Balaban J connectivity index is 1.73. The first kappa shape index (κ1) is 23.9. The van der Waals surface area contributed by atoms with Crippen LogP contribution < -0.4 is 19.5 Å². The van der Waals surface area contributed by atoms with Crippen LogP contribution in [-0.2, 0) is 12.7 Å². The van der Waals surface area contributed by atoms with Crippen LogP contribution >= 0.6 is 0 Å². The summed E-state index contributed by atoms with van der Waals surface area (Å²) in [5.41, 5.74) is -0.257. The minimum atomic E-state index is -4.74. The molecule has 0 bridgehead atoms. The molecule has 0 aliphatic heterocycles. The van der Waals surface area contributed by atoms with Gasteiger partial charge in [-0.2, -0.15) is 18.3 Å². The van der Waals surface area contributed by atoms with E-state index in [2.05, 4.69) is 15.4 Å². The van der Waals surface area contributed by atoms with Crippen LogP contribution in [-0.4, -0.2) is 41.8 Å². The van der Waals surface area contributed by atoms with Crippen molar-refractivity contribution in [3.8, 4) is 28.5 Å². The number of hydrogen-bond donors (Lipinski definition) is 1. The van der Waals surface area contributed by atoms with Gasteiger partial charge < -0.3 is 19.5 Å².